The molecule has 0 unspecified atom stereocenters. The fraction of sp³-hybridized carbons (Fsp3) is 0.118. The maximum absolute atomic E-state index is 12.5. The molecule has 1 N–H and O–H groups in total. The minimum absolute atomic E-state index is 0.225. The fourth-order valence-corrected chi connectivity index (χ4v) is 3.63. The molecule has 0 spiro atoms. The minimum atomic E-state index is -0.547. The highest BCUT2D eigenvalue weighted by Gasteiger charge is 2.18. The van der Waals surface area contributed by atoms with Gasteiger partial charge >= 0.3 is 5.97 Å². The molecular weight excluding hydrogens is 344 g/mol. The first-order valence-electron chi connectivity index (χ1n) is 7.05. The zero-order valence-electron chi connectivity index (χ0n) is 13.0. The van der Waals surface area contributed by atoms with Gasteiger partial charge in [-0.3, -0.25) is 10.1 Å². The van der Waals surface area contributed by atoms with Crippen molar-refractivity contribution in [3.05, 3.63) is 53.6 Å². The molecule has 7 heteroatoms. The van der Waals surface area contributed by atoms with Crippen molar-refractivity contribution < 1.29 is 14.3 Å². The maximum Gasteiger partial charge on any atom is 0.338 e. The van der Waals surface area contributed by atoms with Crippen LogP contribution in [0.4, 0.5) is 5.13 Å². The SMILES string of the molecule is COC(=O)c1ccccc1C(=O)Nc1nc2ccc(SC)cc2s1. The second-order valence-corrected chi connectivity index (χ2v) is 6.75. The van der Waals surface area contributed by atoms with Crippen LogP contribution in [0.1, 0.15) is 20.7 Å². The van der Waals surface area contributed by atoms with Crippen LogP contribution in [0.25, 0.3) is 10.2 Å². The number of benzene rings is 2. The summed E-state index contributed by atoms with van der Waals surface area (Å²) in [6, 6.07) is 12.5. The van der Waals surface area contributed by atoms with Crippen molar-refractivity contribution in [1.29, 1.82) is 0 Å². The van der Waals surface area contributed by atoms with E-state index in [9.17, 15) is 9.59 Å². The molecule has 0 aliphatic heterocycles. The normalized spacial score (nSPS) is 10.6. The topological polar surface area (TPSA) is 68.3 Å². The van der Waals surface area contributed by atoms with Crippen molar-refractivity contribution in [1.82, 2.24) is 4.98 Å². The van der Waals surface area contributed by atoms with Crippen molar-refractivity contribution in [2.24, 2.45) is 0 Å². The van der Waals surface area contributed by atoms with E-state index in [0.717, 1.165) is 15.1 Å². The van der Waals surface area contributed by atoms with E-state index >= 15 is 0 Å². The van der Waals surface area contributed by atoms with Crippen molar-refractivity contribution in [2.45, 2.75) is 4.90 Å². The van der Waals surface area contributed by atoms with Crippen molar-refractivity contribution in [2.75, 3.05) is 18.7 Å². The summed E-state index contributed by atoms with van der Waals surface area (Å²) in [5, 5.41) is 3.25. The lowest BCUT2D eigenvalue weighted by molar-refractivity contribution is 0.0597. The van der Waals surface area contributed by atoms with Gasteiger partial charge in [-0.1, -0.05) is 23.5 Å². The summed E-state index contributed by atoms with van der Waals surface area (Å²) in [5.41, 5.74) is 1.31. The van der Waals surface area contributed by atoms with E-state index in [0.29, 0.717) is 5.13 Å². The Morgan fingerprint density at radius 1 is 1.17 bits per heavy atom. The number of thioether (sulfide) groups is 1. The molecule has 0 atom stereocenters. The Balaban J connectivity index is 1.89. The molecule has 0 fully saturated rings. The molecule has 0 radical (unpaired) electrons. The van der Waals surface area contributed by atoms with Crippen molar-refractivity contribution >= 4 is 50.3 Å². The molecule has 1 amide bonds. The molecule has 0 bridgehead atoms. The first kappa shape index (κ1) is 16.5. The van der Waals surface area contributed by atoms with E-state index in [-0.39, 0.29) is 17.0 Å². The van der Waals surface area contributed by atoms with Gasteiger partial charge in [0.25, 0.3) is 5.91 Å². The van der Waals surface area contributed by atoms with Crippen LogP contribution in [0.5, 0.6) is 0 Å². The van der Waals surface area contributed by atoms with E-state index in [4.69, 9.17) is 4.74 Å². The summed E-state index contributed by atoms with van der Waals surface area (Å²) < 4.78 is 5.72. The summed E-state index contributed by atoms with van der Waals surface area (Å²) >= 11 is 3.05. The Labute approximate surface area is 147 Å². The standard InChI is InChI=1S/C17H14N2O3S2/c1-22-16(21)12-6-4-3-5-11(12)15(20)19-17-18-13-8-7-10(23-2)9-14(13)24-17/h3-9H,1-2H3,(H,18,19,20). The Morgan fingerprint density at radius 3 is 2.62 bits per heavy atom. The Bertz CT molecular complexity index is 921. The number of nitrogens with zero attached hydrogens (tertiary/aromatic N) is 1. The maximum atomic E-state index is 12.5. The molecule has 122 valence electrons. The predicted octanol–water partition coefficient (Wildman–Crippen LogP) is 4.06. The first-order chi connectivity index (χ1) is 11.6. The summed E-state index contributed by atoms with van der Waals surface area (Å²) in [4.78, 5) is 29.8. The molecule has 0 saturated heterocycles. The number of anilines is 1. The molecule has 0 saturated carbocycles. The summed E-state index contributed by atoms with van der Waals surface area (Å²) in [5.74, 6) is -0.935. The number of carbonyl (C=O) groups excluding carboxylic acids is 2. The van der Waals surface area contributed by atoms with Crippen LogP contribution in [0.15, 0.2) is 47.4 Å². The second kappa shape index (κ2) is 7.02. The third-order valence-corrected chi connectivity index (χ3v) is 5.05. The molecular formula is C17H14N2O3S2. The number of nitrogens with one attached hydrogen (secondary N) is 1. The van der Waals surface area contributed by atoms with Gasteiger partial charge in [0.1, 0.15) is 0 Å². The van der Waals surface area contributed by atoms with Gasteiger partial charge in [0.2, 0.25) is 0 Å². The Hall–Kier alpha value is -2.38. The van der Waals surface area contributed by atoms with E-state index in [2.05, 4.69) is 10.3 Å². The van der Waals surface area contributed by atoms with Crippen LogP contribution >= 0.6 is 23.1 Å². The number of hydrogen-bond donors (Lipinski definition) is 1. The number of aromatic nitrogens is 1. The zero-order chi connectivity index (χ0) is 17.1. The van der Waals surface area contributed by atoms with Crippen LogP contribution in [0.3, 0.4) is 0 Å². The van der Waals surface area contributed by atoms with Gasteiger partial charge in [0.15, 0.2) is 5.13 Å². The summed E-state index contributed by atoms with van der Waals surface area (Å²) in [7, 11) is 1.29. The number of fused-ring (bicyclic) bond motifs is 1. The highest BCUT2D eigenvalue weighted by Crippen LogP contribution is 2.29. The zero-order valence-corrected chi connectivity index (χ0v) is 14.7. The first-order valence-corrected chi connectivity index (χ1v) is 9.10. The van der Waals surface area contributed by atoms with Crippen LogP contribution in [0.2, 0.25) is 0 Å². The van der Waals surface area contributed by atoms with Gasteiger partial charge < -0.3 is 4.74 Å². The van der Waals surface area contributed by atoms with Gasteiger partial charge in [0, 0.05) is 4.90 Å². The van der Waals surface area contributed by atoms with Gasteiger partial charge in [-0.2, -0.15) is 0 Å². The minimum Gasteiger partial charge on any atom is -0.465 e. The number of thiazole rings is 1. The number of methoxy groups -OCH3 is 1. The molecule has 3 aromatic rings. The highest BCUT2D eigenvalue weighted by atomic mass is 32.2. The number of rotatable bonds is 4. The fourth-order valence-electron chi connectivity index (χ4n) is 2.22. The number of carbonyl (C=O) groups is 2. The van der Waals surface area contributed by atoms with Crippen LogP contribution in [-0.2, 0) is 4.74 Å². The lowest BCUT2D eigenvalue weighted by Gasteiger charge is -2.06. The number of amides is 1. The highest BCUT2D eigenvalue weighted by molar-refractivity contribution is 7.98. The largest absolute Gasteiger partial charge is 0.465 e. The average molecular weight is 358 g/mol. The number of esters is 1. The van der Waals surface area contributed by atoms with E-state index in [1.807, 2.05) is 24.5 Å². The predicted molar refractivity (Wildman–Crippen MR) is 97.1 cm³/mol. The van der Waals surface area contributed by atoms with Crippen LogP contribution in [0, 0.1) is 0 Å². The molecule has 3 rings (SSSR count). The average Bonchev–Trinajstić information content (AvgIpc) is 3.02. The third-order valence-electron chi connectivity index (χ3n) is 3.39. The van der Waals surface area contributed by atoms with Crippen molar-refractivity contribution in [3.8, 4) is 0 Å². The van der Waals surface area contributed by atoms with Gasteiger partial charge in [0.05, 0.1) is 28.5 Å². The van der Waals surface area contributed by atoms with E-state index < -0.39 is 5.97 Å². The Morgan fingerprint density at radius 2 is 1.92 bits per heavy atom. The lowest BCUT2D eigenvalue weighted by atomic mass is 10.1. The number of ether oxygens (including phenoxy) is 1. The molecule has 1 aromatic heterocycles. The smallest absolute Gasteiger partial charge is 0.338 e. The molecule has 1 heterocycles. The molecule has 24 heavy (non-hydrogen) atoms. The summed E-state index contributed by atoms with van der Waals surface area (Å²) in [6.07, 6.45) is 2.01. The summed E-state index contributed by atoms with van der Waals surface area (Å²) in [6.45, 7) is 0. The quantitative estimate of drug-likeness (QED) is 0.563. The monoisotopic (exact) mass is 358 g/mol. The Kier molecular flexibility index (Phi) is 4.82. The lowest BCUT2D eigenvalue weighted by Crippen LogP contribution is -2.16. The number of hydrogen-bond acceptors (Lipinski definition) is 6. The molecule has 0 aliphatic carbocycles. The third kappa shape index (κ3) is 3.27. The van der Waals surface area contributed by atoms with Crippen molar-refractivity contribution in [3.63, 3.8) is 0 Å². The molecule has 5 nitrogen and oxygen atoms in total. The van der Waals surface area contributed by atoms with Gasteiger partial charge in [-0.05, 0) is 36.6 Å². The van der Waals surface area contributed by atoms with E-state index in [1.54, 1.807) is 36.0 Å². The van der Waals surface area contributed by atoms with Crippen LogP contribution in [-0.4, -0.2) is 30.2 Å². The molecule has 0 aliphatic rings. The second-order valence-electron chi connectivity index (χ2n) is 4.84. The van der Waals surface area contributed by atoms with Gasteiger partial charge in [-0.15, -0.1) is 11.8 Å². The molecule has 2 aromatic carbocycles. The van der Waals surface area contributed by atoms with Gasteiger partial charge in [-0.25, -0.2) is 9.78 Å². The van der Waals surface area contributed by atoms with Crippen LogP contribution < -0.4 is 5.32 Å². The van der Waals surface area contributed by atoms with E-state index in [1.165, 1.54) is 18.4 Å².